The molecule has 0 aliphatic carbocycles. The maximum absolute atomic E-state index is 12.9. The number of carbonyl (C=O) groups is 1. The Labute approximate surface area is 171 Å². The molecule has 0 aromatic heterocycles. The van der Waals surface area contributed by atoms with Gasteiger partial charge in [-0.3, -0.25) is 4.79 Å². The first-order valence-electron chi connectivity index (χ1n) is 8.95. The van der Waals surface area contributed by atoms with Crippen LogP contribution in [0.1, 0.15) is 0 Å². The Hall–Kier alpha value is -2.49. The number of piperazine rings is 1. The molecule has 0 saturated carbocycles. The van der Waals surface area contributed by atoms with Gasteiger partial charge in [-0.2, -0.15) is 4.31 Å². The molecular formula is C20H22N2O5S2. The molecule has 29 heavy (non-hydrogen) atoms. The molecule has 2 aromatic carbocycles. The first kappa shape index (κ1) is 21.2. The second-order valence-electron chi connectivity index (χ2n) is 6.75. The van der Waals surface area contributed by atoms with Crippen LogP contribution in [-0.2, 0) is 24.7 Å². The van der Waals surface area contributed by atoms with Crippen molar-refractivity contribution in [2.75, 3.05) is 32.4 Å². The molecule has 1 fully saturated rings. The number of hydrogen-bond donors (Lipinski definition) is 0. The largest absolute Gasteiger partial charge is 0.337 e. The van der Waals surface area contributed by atoms with E-state index in [1.807, 2.05) is 0 Å². The van der Waals surface area contributed by atoms with Gasteiger partial charge in [0.1, 0.15) is 0 Å². The second-order valence-corrected chi connectivity index (χ2v) is 10.7. The molecule has 0 bridgehead atoms. The molecule has 0 unspecified atom stereocenters. The van der Waals surface area contributed by atoms with E-state index in [-0.39, 0.29) is 28.8 Å². The lowest BCUT2D eigenvalue weighted by Crippen LogP contribution is -2.50. The standard InChI is InChI=1S/C20H22N2O5S2/c1-3-20(23)21-12-14-22(15-13-21)29(26,27)19-10-6-17(7-11-19)16-4-8-18(9-5-16)28(2,24)25/h3-11H,1,12-15H2,2H3. The number of rotatable bonds is 5. The third kappa shape index (κ3) is 4.58. The fourth-order valence-corrected chi connectivity index (χ4v) is 5.19. The molecule has 2 aromatic rings. The van der Waals surface area contributed by atoms with Crippen LogP contribution in [0.25, 0.3) is 11.1 Å². The number of sulfone groups is 1. The first-order chi connectivity index (χ1) is 13.6. The van der Waals surface area contributed by atoms with Crippen molar-refractivity contribution in [1.82, 2.24) is 9.21 Å². The van der Waals surface area contributed by atoms with Gasteiger partial charge in [-0.15, -0.1) is 0 Å². The van der Waals surface area contributed by atoms with Crippen LogP contribution in [0.15, 0.2) is 71.0 Å². The highest BCUT2D eigenvalue weighted by molar-refractivity contribution is 7.90. The van der Waals surface area contributed by atoms with Crippen molar-refractivity contribution in [3.63, 3.8) is 0 Å². The van der Waals surface area contributed by atoms with E-state index >= 15 is 0 Å². The van der Waals surface area contributed by atoms with Crippen LogP contribution in [0, 0.1) is 0 Å². The number of carbonyl (C=O) groups excluding carboxylic acids is 1. The van der Waals surface area contributed by atoms with Crippen LogP contribution in [-0.4, -0.2) is 64.4 Å². The zero-order valence-electron chi connectivity index (χ0n) is 16.0. The van der Waals surface area contributed by atoms with Crippen molar-refractivity contribution in [2.24, 2.45) is 0 Å². The Kier molecular flexibility index (Phi) is 5.92. The maximum Gasteiger partial charge on any atom is 0.246 e. The zero-order chi connectivity index (χ0) is 21.2. The summed E-state index contributed by atoms with van der Waals surface area (Å²) in [6, 6.07) is 12.9. The van der Waals surface area contributed by atoms with Gasteiger partial charge >= 0.3 is 0 Å². The van der Waals surface area contributed by atoms with E-state index in [1.165, 1.54) is 34.6 Å². The number of nitrogens with zero attached hydrogens (tertiary/aromatic N) is 2. The predicted octanol–water partition coefficient (Wildman–Crippen LogP) is 1.78. The number of hydrogen-bond acceptors (Lipinski definition) is 5. The van der Waals surface area contributed by atoms with Gasteiger partial charge in [0.15, 0.2) is 9.84 Å². The average Bonchev–Trinajstić information content (AvgIpc) is 2.73. The van der Waals surface area contributed by atoms with Gasteiger partial charge in [0.25, 0.3) is 0 Å². The Morgan fingerprint density at radius 3 is 1.69 bits per heavy atom. The lowest BCUT2D eigenvalue weighted by molar-refractivity contribution is -0.127. The molecule has 1 saturated heterocycles. The summed E-state index contributed by atoms with van der Waals surface area (Å²) in [5.74, 6) is -0.201. The van der Waals surface area contributed by atoms with Crippen molar-refractivity contribution in [1.29, 1.82) is 0 Å². The average molecular weight is 435 g/mol. The van der Waals surface area contributed by atoms with Crippen LogP contribution in [0.3, 0.4) is 0 Å². The van der Waals surface area contributed by atoms with Crippen LogP contribution in [0.4, 0.5) is 0 Å². The minimum absolute atomic E-state index is 0.178. The van der Waals surface area contributed by atoms with Crippen LogP contribution in [0.2, 0.25) is 0 Å². The lowest BCUT2D eigenvalue weighted by Gasteiger charge is -2.33. The van der Waals surface area contributed by atoms with Gasteiger partial charge in [0, 0.05) is 32.4 Å². The minimum atomic E-state index is -3.65. The summed E-state index contributed by atoms with van der Waals surface area (Å²) in [5.41, 5.74) is 1.57. The van der Waals surface area contributed by atoms with Crippen molar-refractivity contribution in [3.05, 3.63) is 61.2 Å². The number of amides is 1. The van der Waals surface area contributed by atoms with Crippen molar-refractivity contribution < 1.29 is 21.6 Å². The third-order valence-corrected chi connectivity index (χ3v) is 7.87. The number of sulfonamides is 1. The van der Waals surface area contributed by atoms with Gasteiger partial charge in [0.2, 0.25) is 15.9 Å². The SMILES string of the molecule is C=CC(=O)N1CCN(S(=O)(=O)c2ccc(-c3ccc(S(C)(=O)=O)cc3)cc2)CC1. The third-order valence-electron chi connectivity index (χ3n) is 4.83. The second kappa shape index (κ2) is 8.10. The van der Waals surface area contributed by atoms with Gasteiger partial charge in [-0.1, -0.05) is 30.8 Å². The van der Waals surface area contributed by atoms with E-state index in [0.717, 1.165) is 17.4 Å². The molecule has 1 amide bonds. The van der Waals surface area contributed by atoms with Crippen molar-refractivity contribution >= 4 is 25.8 Å². The Bertz CT molecular complexity index is 1110. The van der Waals surface area contributed by atoms with E-state index in [1.54, 1.807) is 29.2 Å². The molecule has 1 aliphatic rings. The predicted molar refractivity (Wildman–Crippen MR) is 111 cm³/mol. The molecule has 9 heteroatoms. The van der Waals surface area contributed by atoms with Gasteiger partial charge in [-0.25, -0.2) is 16.8 Å². The fraction of sp³-hybridized carbons (Fsp3) is 0.250. The van der Waals surface area contributed by atoms with Crippen LogP contribution < -0.4 is 0 Å². The highest BCUT2D eigenvalue weighted by atomic mass is 32.2. The Morgan fingerprint density at radius 2 is 1.28 bits per heavy atom. The highest BCUT2D eigenvalue weighted by Gasteiger charge is 2.29. The molecule has 1 heterocycles. The maximum atomic E-state index is 12.9. The summed E-state index contributed by atoms with van der Waals surface area (Å²) in [6.45, 7) is 4.57. The summed E-state index contributed by atoms with van der Waals surface area (Å²) in [7, 11) is -6.92. The molecule has 1 aliphatic heterocycles. The number of benzene rings is 2. The van der Waals surface area contributed by atoms with Crippen molar-refractivity contribution in [2.45, 2.75) is 9.79 Å². The topological polar surface area (TPSA) is 91.8 Å². The summed E-state index contributed by atoms with van der Waals surface area (Å²) >= 11 is 0. The monoisotopic (exact) mass is 434 g/mol. The van der Waals surface area contributed by atoms with E-state index in [2.05, 4.69) is 6.58 Å². The van der Waals surface area contributed by atoms with E-state index in [0.29, 0.717) is 13.1 Å². The van der Waals surface area contributed by atoms with Gasteiger partial charge in [0.05, 0.1) is 9.79 Å². The van der Waals surface area contributed by atoms with Gasteiger partial charge in [-0.05, 0) is 41.5 Å². The summed E-state index contributed by atoms with van der Waals surface area (Å²) in [6.07, 6.45) is 2.38. The molecule has 0 spiro atoms. The molecule has 0 N–H and O–H groups in total. The Morgan fingerprint density at radius 1 is 0.828 bits per heavy atom. The molecule has 7 nitrogen and oxygen atoms in total. The van der Waals surface area contributed by atoms with Crippen molar-refractivity contribution in [3.8, 4) is 11.1 Å². The molecule has 0 atom stereocenters. The fourth-order valence-electron chi connectivity index (χ4n) is 3.14. The van der Waals surface area contributed by atoms with Gasteiger partial charge < -0.3 is 4.90 Å². The van der Waals surface area contributed by atoms with E-state index in [9.17, 15) is 21.6 Å². The molecule has 0 radical (unpaired) electrons. The molecule has 154 valence electrons. The zero-order valence-corrected chi connectivity index (χ0v) is 17.6. The highest BCUT2D eigenvalue weighted by Crippen LogP contribution is 2.25. The molecular weight excluding hydrogens is 412 g/mol. The lowest BCUT2D eigenvalue weighted by atomic mass is 10.1. The van der Waals surface area contributed by atoms with E-state index < -0.39 is 19.9 Å². The quantitative estimate of drug-likeness (QED) is 0.669. The summed E-state index contributed by atoms with van der Waals surface area (Å²) < 4.78 is 50.2. The first-order valence-corrected chi connectivity index (χ1v) is 12.3. The minimum Gasteiger partial charge on any atom is -0.337 e. The smallest absolute Gasteiger partial charge is 0.246 e. The normalized spacial score (nSPS) is 15.8. The summed E-state index contributed by atoms with van der Waals surface area (Å²) in [4.78, 5) is 13.6. The summed E-state index contributed by atoms with van der Waals surface area (Å²) in [5, 5.41) is 0. The van der Waals surface area contributed by atoms with E-state index in [4.69, 9.17) is 0 Å². The van der Waals surface area contributed by atoms with Crippen LogP contribution >= 0.6 is 0 Å². The molecule has 3 rings (SSSR count). The Balaban J connectivity index is 1.76. The van der Waals surface area contributed by atoms with Crippen LogP contribution in [0.5, 0.6) is 0 Å².